The van der Waals surface area contributed by atoms with Gasteiger partial charge in [0.05, 0.1) is 11.5 Å². The van der Waals surface area contributed by atoms with Crippen molar-refractivity contribution in [2.24, 2.45) is 11.8 Å². The van der Waals surface area contributed by atoms with Crippen LogP contribution in [0.3, 0.4) is 0 Å². The predicted octanol–water partition coefficient (Wildman–Crippen LogP) is 3.87. The lowest BCUT2D eigenvalue weighted by atomic mass is 9.80. The fraction of sp³-hybridized carbons (Fsp3) is 0.600. The van der Waals surface area contributed by atoms with Crippen molar-refractivity contribution in [3.05, 3.63) is 35.6 Å². The van der Waals surface area contributed by atoms with E-state index in [4.69, 9.17) is 0 Å². The molecular weight excluding hydrogens is 376 g/mol. The van der Waals surface area contributed by atoms with Crippen molar-refractivity contribution in [2.45, 2.75) is 38.3 Å². The molecule has 1 aromatic carbocycles. The van der Waals surface area contributed by atoms with E-state index >= 15 is 0 Å². The molecule has 2 aliphatic rings. The Labute approximate surface area is 161 Å². The Bertz CT molecular complexity index is 722. The molecule has 8 heteroatoms. The Morgan fingerprint density at radius 3 is 2.32 bits per heavy atom. The highest BCUT2D eigenvalue weighted by molar-refractivity contribution is 5.94. The van der Waals surface area contributed by atoms with Gasteiger partial charge in [0.2, 0.25) is 5.91 Å². The zero-order chi connectivity index (χ0) is 20.3. The molecule has 2 amide bonds. The largest absolute Gasteiger partial charge is 0.391 e. The summed E-state index contributed by atoms with van der Waals surface area (Å²) in [5.74, 6) is -3.31. The molecule has 4 nitrogen and oxygen atoms in total. The Morgan fingerprint density at radius 2 is 1.61 bits per heavy atom. The first-order chi connectivity index (χ1) is 13.3. The molecule has 1 aliphatic carbocycles. The number of halogens is 4. The highest BCUT2D eigenvalue weighted by Gasteiger charge is 2.44. The van der Waals surface area contributed by atoms with Crippen LogP contribution in [0, 0.1) is 17.7 Å². The summed E-state index contributed by atoms with van der Waals surface area (Å²) >= 11 is 0. The number of hydrogen-bond donors (Lipinski definition) is 0. The fourth-order valence-electron chi connectivity index (χ4n) is 4.12. The topological polar surface area (TPSA) is 40.6 Å². The van der Waals surface area contributed by atoms with Crippen molar-refractivity contribution in [1.29, 1.82) is 0 Å². The molecule has 0 bridgehead atoms. The Kier molecular flexibility index (Phi) is 6.25. The van der Waals surface area contributed by atoms with Crippen LogP contribution < -0.4 is 0 Å². The van der Waals surface area contributed by atoms with E-state index in [2.05, 4.69) is 0 Å². The molecule has 28 heavy (non-hydrogen) atoms. The van der Waals surface area contributed by atoms with Crippen LogP contribution in [-0.4, -0.2) is 54.0 Å². The highest BCUT2D eigenvalue weighted by atomic mass is 19.4. The monoisotopic (exact) mass is 400 g/mol. The summed E-state index contributed by atoms with van der Waals surface area (Å²) in [6, 6.07) is 5.74. The summed E-state index contributed by atoms with van der Waals surface area (Å²) in [6.45, 7) is 1.28. The molecule has 2 atom stereocenters. The average molecular weight is 400 g/mol. The van der Waals surface area contributed by atoms with E-state index in [9.17, 15) is 27.2 Å². The molecule has 1 heterocycles. The third-order valence-corrected chi connectivity index (χ3v) is 5.69. The first-order valence-corrected chi connectivity index (χ1v) is 9.66. The molecule has 1 aromatic rings. The Balaban J connectivity index is 1.61. The van der Waals surface area contributed by atoms with Crippen molar-refractivity contribution in [3.8, 4) is 0 Å². The number of benzene rings is 1. The summed E-state index contributed by atoms with van der Waals surface area (Å²) in [5, 5.41) is 0. The zero-order valence-electron chi connectivity index (χ0n) is 15.6. The van der Waals surface area contributed by atoms with Crippen LogP contribution in [0.2, 0.25) is 0 Å². The van der Waals surface area contributed by atoms with Crippen molar-refractivity contribution in [3.63, 3.8) is 0 Å². The average Bonchev–Trinajstić information content (AvgIpc) is 2.93. The maximum absolute atomic E-state index is 13.9. The Hall–Kier alpha value is -2.12. The van der Waals surface area contributed by atoms with Crippen LogP contribution in [0.5, 0.6) is 0 Å². The molecular formula is C20H24F4N2O2. The van der Waals surface area contributed by atoms with E-state index in [0.29, 0.717) is 32.4 Å². The van der Waals surface area contributed by atoms with Gasteiger partial charge in [0.1, 0.15) is 5.82 Å². The van der Waals surface area contributed by atoms with Crippen molar-refractivity contribution in [1.82, 2.24) is 9.80 Å². The molecule has 1 aliphatic heterocycles. The van der Waals surface area contributed by atoms with Gasteiger partial charge in [-0.3, -0.25) is 9.59 Å². The van der Waals surface area contributed by atoms with E-state index in [-0.39, 0.29) is 37.4 Å². The molecule has 3 rings (SSSR count). The van der Waals surface area contributed by atoms with Gasteiger partial charge in [-0.25, -0.2) is 4.39 Å². The minimum absolute atomic E-state index is 0.0115. The maximum Gasteiger partial charge on any atom is 0.391 e. The third kappa shape index (κ3) is 4.64. The minimum Gasteiger partial charge on any atom is -0.341 e. The highest BCUT2D eigenvalue weighted by Crippen LogP contribution is 2.40. The molecule has 0 spiro atoms. The predicted molar refractivity (Wildman–Crippen MR) is 95.0 cm³/mol. The van der Waals surface area contributed by atoms with Gasteiger partial charge in [0.25, 0.3) is 5.91 Å². The van der Waals surface area contributed by atoms with Gasteiger partial charge in [-0.2, -0.15) is 13.2 Å². The quantitative estimate of drug-likeness (QED) is 0.708. The lowest BCUT2D eigenvalue weighted by molar-refractivity contribution is -0.187. The third-order valence-electron chi connectivity index (χ3n) is 5.69. The van der Waals surface area contributed by atoms with E-state index in [1.165, 1.54) is 23.1 Å². The summed E-state index contributed by atoms with van der Waals surface area (Å²) < 4.78 is 52.9. The van der Waals surface area contributed by atoms with Crippen molar-refractivity contribution >= 4 is 11.8 Å². The molecule has 2 fully saturated rings. The second-order valence-corrected chi connectivity index (χ2v) is 7.55. The number of alkyl halides is 3. The van der Waals surface area contributed by atoms with Crippen LogP contribution in [-0.2, 0) is 4.79 Å². The van der Waals surface area contributed by atoms with Gasteiger partial charge in [0.15, 0.2) is 0 Å². The second-order valence-electron chi connectivity index (χ2n) is 7.55. The lowest BCUT2D eigenvalue weighted by Gasteiger charge is -2.33. The van der Waals surface area contributed by atoms with Gasteiger partial charge in [0, 0.05) is 32.1 Å². The minimum atomic E-state index is -4.26. The van der Waals surface area contributed by atoms with E-state index < -0.39 is 29.7 Å². The van der Waals surface area contributed by atoms with Gasteiger partial charge >= 0.3 is 6.18 Å². The van der Waals surface area contributed by atoms with Crippen LogP contribution in [0.15, 0.2) is 24.3 Å². The number of nitrogens with zero attached hydrogens (tertiary/aromatic N) is 2. The molecule has 0 N–H and O–H groups in total. The van der Waals surface area contributed by atoms with Gasteiger partial charge in [-0.15, -0.1) is 0 Å². The smallest absolute Gasteiger partial charge is 0.341 e. The van der Waals surface area contributed by atoms with Crippen molar-refractivity contribution < 1.29 is 27.2 Å². The SMILES string of the molecule is O=C(c1ccccc1F)N1CCCN(C(=O)C2CCCC(C(F)(F)F)C2)CC1. The number of carbonyl (C=O) groups excluding carboxylic acids is 2. The molecule has 2 unspecified atom stereocenters. The molecule has 1 saturated carbocycles. The standard InChI is InChI=1S/C20H24F4N2O2/c21-17-8-2-1-7-16(17)19(28)26-10-4-9-25(11-12-26)18(27)14-5-3-6-15(13-14)20(22,23)24/h1-2,7-8,14-15H,3-6,9-13H2. The molecule has 1 saturated heterocycles. The zero-order valence-corrected chi connectivity index (χ0v) is 15.6. The number of rotatable bonds is 2. The number of carbonyl (C=O) groups is 2. The molecule has 0 aromatic heterocycles. The molecule has 154 valence electrons. The first-order valence-electron chi connectivity index (χ1n) is 9.66. The number of hydrogen-bond acceptors (Lipinski definition) is 2. The summed E-state index contributed by atoms with van der Waals surface area (Å²) in [6.07, 6.45) is -2.96. The Morgan fingerprint density at radius 1 is 0.929 bits per heavy atom. The second kappa shape index (κ2) is 8.49. The van der Waals surface area contributed by atoms with E-state index in [1.807, 2.05) is 0 Å². The first kappa shape index (κ1) is 20.6. The van der Waals surface area contributed by atoms with E-state index in [0.717, 1.165) is 0 Å². The van der Waals surface area contributed by atoms with E-state index in [1.54, 1.807) is 11.0 Å². The summed E-state index contributed by atoms with van der Waals surface area (Å²) in [5.41, 5.74) is -0.0115. The van der Waals surface area contributed by atoms with Crippen LogP contribution in [0.4, 0.5) is 17.6 Å². The fourth-order valence-corrected chi connectivity index (χ4v) is 4.12. The maximum atomic E-state index is 13.9. The lowest BCUT2D eigenvalue weighted by Crippen LogP contribution is -2.42. The van der Waals surface area contributed by atoms with Crippen LogP contribution in [0.25, 0.3) is 0 Å². The normalized spacial score (nSPS) is 24.0. The van der Waals surface area contributed by atoms with Crippen LogP contribution >= 0.6 is 0 Å². The summed E-state index contributed by atoms with van der Waals surface area (Å²) in [4.78, 5) is 28.4. The van der Waals surface area contributed by atoms with Gasteiger partial charge in [-0.1, -0.05) is 18.6 Å². The molecule has 0 radical (unpaired) electrons. The van der Waals surface area contributed by atoms with Gasteiger partial charge in [-0.05, 0) is 37.8 Å². The van der Waals surface area contributed by atoms with Crippen LogP contribution in [0.1, 0.15) is 42.5 Å². The van der Waals surface area contributed by atoms with Gasteiger partial charge < -0.3 is 9.80 Å². The van der Waals surface area contributed by atoms with Crippen molar-refractivity contribution in [2.75, 3.05) is 26.2 Å². The number of amides is 2. The summed E-state index contributed by atoms with van der Waals surface area (Å²) in [7, 11) is 0.